The SMILES string of the molecule is Cc1ccc2nc(CN3CCNCC3)nn2c1. The number of aromatic nitrogens is 3. The Hall–Kier alpha value is -1.46. The third-order valence-corrected chi connectivity index (χ3v) is 3.10. The maximum Gasteiger partial charge on any atom is 0.165 e. The fraction of sp³-hybridized carbons (Fsp3) is 0.500. The number of nitrogens with one attached hydrogen (secondary N) is 1. The van der Waals surface area contributed by atoms with Crippen molar-refractivity contribution in [2.75, 3.05) is 26.2 Å². The molecule has 0 saturated carbocycles. The lowest BCUT2D eigenvalue weighted by Crippen LogP contribution is -2.43. The van der Waals surface area contributed by atoms with Crippen LogP contribution >= 0.6 is 0 Å². The van der Waals surface area contributed by atoms with Crippen molar-refractivity contribution in [3.05, 3.63) is 29.7 Å². The molecule has 0 bridgehead atoms. The minimum Gasteiger partial charge on any atom is -0.314 e. The summed E-state index contributed by atoms with van der Waals surface area (Å²) in [4.78, 5) is 6.92. The third-order valence-electron chi connectivity index (χ3n) is 3.10. The van der Waals surface area contributed by atoms with E-state index in [2.05, 4.69) is 33.3 Å². The molecule has 0 unspecified atom stereocenters. The average molecular weight is 231 g/mol. The number of aryl methyl sites for hydroxylation is 1. The number of hydrogen-bond donors (Lipinski definition) is 1. The molecule has 5 heteroatoms. The first-order valence-corrected chi connectivity index (χ1v) is 6.06. The van der Waals surface area contributed by atoms with Gasteiger partial charge in [0.2, 0.25) is 0 Å². The molecule has 3 heterocycles. The summed E-state index contributed by atoms with van der Waals surface area (Å²) in [5, 5.41) is 7.86. The van der Waals surface area contributed by atoms with E-state index in [-0.39, 0.29) is 0 Å². The second-order valence-corrected chi connectivity index (χ2v) is 4.56. The molecule has 0 atom stereocenters. The Balaban J connectivity index is 1.80. The molecule has 0 radical (unpaired) electrons. The van der Waals surface area contributed by atoms with Crippen molar-refractivity contribution >= 4 is 5.65 Å². The van der Waals surface area contributed by atoms with Gasteiger partial charge < -0.3 is 5.32 Å². The smallest absolute Gasteiger partial charge is 0.165 e. The Labute approximate surface area is 100 Å². The fourth-order valence-electron chi connectivity index (χ4n) is 2.17. The molecule has 3 rings (SSSR count). The van der Waals surface area contributed by atoms with Crippen LogP contribution in [0.15, 0.2) is 18.3 Å². The van der Waals surface area contributed by atoms with Crippen LogP contribution < -0.4 is 5.32 Å². The summed E-state index contributed by atoms with van der Waals surface area (Å²) in [5.41, 5.74) is 2.14. The van der Waals surface area contributed by atoms with Crippen LogP contribution in [0.2, 0.25) is 0 Å². The maximum absolute atomic E-state index is 4.54. The largest absolute Gasteiger partial charge is 0.314 e. The predicted molar refractivity (Wildman–Crippen MR) is 65.9 cm³/mol. The molecule has 0 spiro atoms. The quantitative estimate of drug-likeness (QED) is 0.815. The van der Waals surface area contributed by atoms with Crippen LogP contribution in [0.25, 0.3) is 5.65 Å². The number of piperazine rings is 1. The van der Waals surface area contributed by atoms with Crippen LogP contribution in [-0.2, 0) is 6.54 Å². The fourth-order valence-corrected chi connectivity index (χ4v) is 2.17. The van der Waals surface area contributed by atoms with E-state index in [1.165, 1.54) is 5.56 Å². The topological polar surface area (TPSA) is 45.5 Å². The van der Waals surface area contributed by atoms with E-state index >= 15 is 0 Å². The Morgan fingerprint density at radius 3 is 2.94 bits per heavy atom. The number of fused-ring (bicyclic) bond motifs is 1. The zero-order valence-electron chi connectivity index (χ0n) is 10.1. The zero-order chi connectivity index (χ0) is 11.7. The first-order chi connectivity index (χ1) is 8.31. The van der Waals surface area contributed by atoms with Gasteiger partial charge in [0.1, 0.15) is 0 Å². The molecule has 1 saturated heterocycles. The van der Waals surface area contributed by atoms with Crippen molar-refractivity contribution in [1.82, 2.24) is 24.8 Å². The summed E-state index contributed by atoms with van der Waals surface area (Å²) in [5.74, 6) is 0.914. The molecule has 17 heavy (non-hydrogen) atoms. The zero-order valence-corrected chi connectivity index (χ0v) is 10.1. The molecule has 1 N–H and O–H groups in total. The lowest BCUT2D eigenvalue weighted by atomic mass is 10.3. The molecule has 2 aromatic heterocycles. The minimum absolute atomic E-state index is 0.850. The van der Waals surface area contributed by atoms with Crippen molar-refractivity contribution in [1.29, 1.82) is 0 Å². The molecule has 1 fully saturated rings. The molecule has 90 valence electrons. The summed E-state index contributed by atoms with van der Waals surface area (Å²) in [6.07, 6.45) is 2.02. The van der Waals surface area contributed by atoms with Gasteiger partial charge in [0.15, 0.2) is 11.5 Å². The summed E-state index contributed by atoms with van der Waals surface area (Å²) < 4.78 is 1.87. The standard InChI is InChI=1S/C12H17N5/c1-10-2-3-12-14-11(15-17(12)8-10)9-16-6-4-13-5-7-16/h2-3,8,13H,4-7,9H2,1H3. The minimum atomic E-state index is 0.850. The van der Waals surface area contributed by atoms with Gasteiger partial charge in [-0.2, -0.15) is 0 Å². The second-order valence-electron chi connectivity index (χ2n) is 4.56. The van der Waals surface area contributed by atoms with Crippen LogP contribution in [0.5, 0.6) is 0 Å². The van der Waals surface area contributed by atoms with E-state index < -0.39 is 0 Å². The average Bonchev–Trinajstić information content (AvgIpc) is 2.71. The van der Waals surface area contributed by atoms with E-state index in [1.54, 1.807) is 0 Å². The van der Waals surface area contributed by atoms with Crippen molar-refractivity contribution in [2.24, 2.45) is 0 Å². The molecule has 1 aliphatic heterocycles. The van der Waals surface area contributed by atoms with E-state index in [0.717, 1.165) is 44.2 Å². The van der Waals surface area contributed by atoms with Crippen LogP contribution in [0.4, 0.5) is 0 Å². The van der Waals surface area contributed by atoms with Crippen LogP contribution in [0, 0.1) is 6.92 Å². The van der Waals surface area contributed by atoms with E-state index in [9.17, 15) is 0 Å². The molecule has 0 amide bonds. The highest BCUT2D eigenvalue weighted by molar-refractivity contribution is 5.38. The van der Waals surface area contributed by atoms with E-state index in [1.807, 2.05) is 16.8 Å². The number of nitrogens with zero attached hydrogens (tertiary/aromatic N) is 4. The molecule has 0 aromatic carbocycles. The van der Waals surface area contributed by atoms with Gasteiger partial charge in [0.05, 0.1) is 6.54 Å². The van der Waals surface area contributed by atoms with Gasteiger partial charge in [-0.05, 0) is 18.6 Å². The summed E-state index contributed by atoms with van der Waals surface area (Å²) in [7, 11) is 0. The van der Waals surface area contributed by atoms with Gasteiger partial charge in [-0.15, -0.1) is 5.10 Å². The van der Waals surface area contributed by atoms with Gasteiger partial charge in [-0.25, -0.2) is 9.50 Å². The van der Waals surface area contributed by atoms with Gasteiger partial charge in [-0.3, -0.25) is 4.90 Å². The lowest BCUT2D eigenvalue weighted by Gasteiger charge is -2.25. The van der Waals surface area contributed by atoms with Crippen LogP contribution in [-0.4, -0.2) is 45.7 Å². The van der Waals surface area contributed by atoms with Crippen molar-refractivity contribution in [3.8, 4) is 0 Å². The highest BCUT2D eigenvalue weighted by Crippen LogP contribution is 2.06. The first kappa shape index (κ1) is 10.7. The van der Waals surface area contributed by atoms with Gasteiger partial charge in [-0.1, -0.05) is 6.07 Å². The Kier molecular flexibility index (Phi) is 2.78. The molecule has 5 nitrogen and oxygen atoms in total. The maximum atomic E-state index is 4.54. The van der Waals surface area contributed by atoms with E-state index in [4.69, 9.17) is 0 Å². The molecule has 1 aliphatic rings. The van der Waals surface area contributed by atoms with Gasteiger partial charge in [0, 0.05) is 32.4 Å². The number of pyridine rings is 1. The Morgan fingerprint density at radius 2 is 2.12 bits per heavy atom. The van der Waals surface area contributed by atoms with Crippen molar-refractivity contribution < 1.29 is 0 Å². The molecule has 0 aliphatic carbocycles. The number of rotatable bonds is 2. The molecule has 2 aromatic rings. The Bertz CT molecular complexity index is 513. The normalized spacial score (nSPS) is 17.7. The first-order valence-electron chi connectivity index (χ1n) is 6.06. The highest BCUT2D eigenvalue weighted by atomic mass is 15.3. The third kappa shape index (κ3) is 2.30. The predicted octanol–water partition coefficient (Wildman–Crippen LogP) is 0.443. The van der Waals surface area contributed by atoms with Crippen molar-refractivity contribution in [3.63, 3.8) is 0 Å². The van der Waals surface area contributed by atoms with Gasteiger partial charge in [0.25, 0.3) is 0 Å². The van der Waals surface area contributed by atoms with E-state index in [0.29, 0.717) is 0 Å². The Morgan fingerprint density at radius 1 is 1.29 bits per heavy atom. The summed E-state index contributed by atoms with van der Waals surface area (Å²) in [6.45, 7) is 7.20. The second kappa shape index (κ2) is 4.43. The summed E-state index contributed by atoms with van der Waals surface area (Å²) in [6, 6.07) is 4.09. The number of hydrogen-bond acceptors (Lipinski definition) is 4. The van der Waals surface area contributed by atoms with Crippen LogP contribution in [0.1, 0.15) is 11.4 Å². The molecular weight excluding hydrogens is 214 g/mol. The summed E-state index contributed by atoms with van der Waals surface area (Å²) >= 11 is 0. The highest BCUT2D eigenvalue weighted by Gasteiger charge is 2.12. The lowest BCUT2D eigenvalue weighted by molar-refractivity contribution is 0.228. The molecular formula is C12H17N5. The van der Waals surface area contributed by atoms with Gasteiger partial charge >= 0.3 is 0 Å². The van der Waals surface area contributed by atoms with Crippen LogP contribution in [0.3, 0.4) is 0 Å². The monoisotopic (exact) mass is 231 g/mol. The van der Waals surface area contributed by atoms with Crippen molar-refractivity contribution in [2.45, 2.75) is 13.5 Å².